The van der Waals surface area contributed by atoms with Crippen LogP contribution in [0.5, 0.6) is 5.75 Å². The van der Waals surface area contributed by atoms with Crippen molar-refractivity contribution in [2.75, 3.05) is 18.0 Å². The number of hydrogen-bond donors (Lipinski definition) is 1. The lowest BCUT2D eigenvalue weighted by Gasteiger charge is -2.32. The Morgan fingerprint density at radius 3 is 2.24 bits per heavy atom. The number of rotatable bonds is 11. The summed E-state index contributed by atoms with van der Waals surface area (Å²) in [6.45, 7) is 2.97. The molecule has 1 fully saturated rings. The molecule has 3 aromatic carbocycles. The predicted molar refractivity (Wildman–Crippen MR) is 166 cm³/mol. The van der Waals surface area contributed by atoms with E-state index in [0.29, 0.717) is 27.0 Å². The zero-order valence-electron chi connectivity index (χ0n) is 23.8. The standard InChI is InChI=1S/C31H35Cl2N3O5S/c1-21-8-12-26(13-9-21)36(42(39,40)28-16-14-27(41-3)15-17-28)20-30(37)35(19-23-10-11-24(32)18-29(23)33)22(2)31(38)34-25-6-4-5-7-25/h8-18,22,25H,4-7,19-20H2,1-3H3,(H,34,38)/t22-/m1/s1. The fourth-order valence-corrected chi connectivity index (χ4v) is 6.81. The highest BCUT2D eigenvalue weighted by Gasteiger charge is 2.33. The van der Waals surface area contributed by atoms with Crippen molar-refractivity contribution in [1.82, 2.24) is 10.2 Å². The van der Waals surface area contributed by atoms with Crippen molar-refractivity contribution in [2.24, 2.45) is 0 Å². The van der Waals surface area contributed by atoms with Crippen molar-refractivity contribution in [1.29, 1.82) is 0 Å². The van der Waals surface area contributed by atoms with Gasteiger partial charge in [0.05, 0.1) is 17.7 Å². The summed E-state index contributed by atoms with van der Waals surface area (Å²) in [4.78, 5) is 28.8. The molecule has 2 amide bonds. The summed E-state index contributed by atoms with van der Waals surface area (Å²) >= 11 is 12.5. The van der Waals surface area contributed by atoms with E-state index in [1.54, 1.807) is 61.5 Å². The Balaban J connectivity index is 1.70. The Labute approximate surface area is 257 Å². The van der Waals surface area contributed by atoms with Gasteiger partial charge in [-0.15, -0.1) is 0 Å². The average Bonchev–Trinajstić information content (AvgIpc) is 3.48. The number of carbonyl (C=O) groups is 2. The molecule has 0 unspecified atom stereocenters. The first kappa shape index (κ1) is 31.7. The molecule has 0 saturated heterocycles. The van der Waals surface area contributed by atoms with Gasteiger partial charge < -0.3 is 15.0 Å². The molecule has 42 heavy (non-hydrogen) atoms. The van der Waals surface area contributed by atoms with Crippen LogP contribution in [0.3, 0.4) is 0 Å². The molecule has 1 atom stereocenters. The van der Waals surface area contributed by atoms with Gasteiger partial charge in [-0.1, -0.05) is 59.8 Å². The monoisotopic (exact) mass is 631 g/mol. The Hall–Kier alpha value is -3.27. The highest BCUT2D eigenvalue weighted by Crippen LogP contribution is 2.28. The topological polar surface area (TPSA) is 96.0 Å². The van der Waals surface area contributed by atoms with Crippen molar-refractivity contribution in [3.05, 3.63) is 87.9 Å². The molecular weight excluding hydrogens is 597 g/mol. The minimum atomic E-state index is -4.19. The van der Waals surface area contributed by atoms with Crippen LogP contribution in [0.4, 0.5) is 5.69 Å². The number of benzene rings is 3. The van der Waals surface area contributed by atoms with E-state index < -0.39 is 28.5 Å². The van der Waals surface area contributed by atoms with Gasteiger partial charge in [0.2, 0.25) is 11.8 Å². The number of halogens is 2. The van der Waals surface area contributed by atoms with E-state index in [4.69, 9.17) is 27.9 Å². The summed E-state index contributed by atoms with van der Waals surface area (Å²) in [5.41, 5.74) is 1.83. The van der Waals surface area contributed by atoms with Crippen LogP contribution < -0.4 is 14.4 Å². The third-order valence-corrected chi connectivity index (χ3v) is 9.85. The van der Waals surface area contributed by atoms with Crippen LogP contribution in [0.2, 0.25) is 10.0 Å². The molecule has 4 rings (SSSR count). The highest BCUT2D eigenvalue weighted by atomic mass is 35.5. The molecule has 0 bridgehead atoms. The number of sulfonamides is 1. The molecule has 3 aromatic rings. The molecule has 1 N–H and O–H groups in total. The quantitative estimate of drug-likeness (QED) is 0.281. The number of amides is 2. The van der Waals surface area contributed by atoms with Gasteiger partial charge in [-0.2, -0.15) is 0 Å². The van der Waals surface area contributed by atoms with E-state index in [1.807, 2.05) is 6.92 Å². The zero-order valence-corrected chi connectivity index (χ0v) is 26.2. The number of aryl methyl sites for hydroxylation is 1. The van der Waals surface area contributed by atoms with Crippen LogP contribution in [-0.2, 0) is 26.2 Å². The molecule has 1 saturated carbocycles. The molecule has 224 valence electrons. The predicted octanol–water partition coefficient (Wildman–Crippen LogP) is 5.98. The first-order valence-electron chi connectivity index (χ1n) is 13.8. The second kappa shape index (κ2) is 13.8. The summed E-state index contributed by atoms with van der Waals surface area (Å²) < 4.78 is 34.2. The number of hydrogen-bond acceptors (Lipinski definition) is 5. The third-order valence-electron chi connectivity index (χ3n) is 7.47. The van der Waals surface area contributed by atoms with Crippen LogP contribution in [0.15, 0.2) is 71.6 Å². The number of anilines is 1. The first-order valence-corrected chi connectivity index (χ1v) is 16.0. The molecule has 8 nitrogen and oxygen atoms in total. The molecule has 11 heteroatoms. The average molecular weight is 633 g/mol. The van der Waals surface area contributed by atoms with Gasteiger partial charge in [0.25, 0.3) is 10.0 Å². The maximum atomic E-state index is 14.1. The number of nitrogens with zero attached hydrogens (tertiary/aromatic N) is 2. The molecule has 0 heterocycles. The summed E-state index contributed by atoms with van der Waals surface area (Å²) in [7, 11) is -2.69. The minimum absolute atomic E-state index is 0.00371. The van der Waals surface area contributed by atoms with Crippen molar-refractivity contribution in [2.45, 2.75) is 63.1 Å². The molecule has 0 radical (unpaired) electrons. The summed E-state index contributed by atoms with van der Waals surface area (Å²) in [6, 6.07) is 16.9. The normalized spacial score (nSPS) is 14.3. The molecule has 1 aliphatic carbocycles. The molecular formula is C31H35Cl2N3O5S. The first-order chi connectivity index (χ1) is 20.0. The van der Waals surface area contributed by atoms with Crippen molar-refractivity contribution in [3.63, 3.8) is 0 Å². The molecule has 0 spiro atoms. The van der Waals surface area contributed by atoms with Crippen LogP contribution >= 0.6 is 23.2 Å². The number of nitrogens with one attached hydrogen (secondary N) is 1. The van der Waals surface area contributed by atoms with E-state index in [-0.39, 0.29) is 23.4 Å². The van der Waals surface area contributed by atoms with E-state index in [0.717, 1.165) is 35.6 Å². The van der Waals surface area contributed by atoms with Crippen molar-refractivity contribution in [3.8, 4) is 5.75 Å². The zero-order chi connectivity index (χ0) is 30.4. The van der Waals surface area contributed by atoms with Gasteiger partial charge in [-0.25, -0.2) is 8.42 Å². The second-order valence-corrected chi connectivity index (χ2v) is 13.2. The third kappa shape index (κ3) is 7.56. The lowest BCUT2D eigenvalue weighted by Crippen LogP contribution is -2.52. The fraction of sp³-hybridized carbons (Fsp3) is 0.355. The molecule has 1 aliphatic rings. The van der Waals surface area contributed by atoms with Crippen molar-refractivity contribution < 1.29 is 22.7 Å². The largest absolute Gasteiger partial charge is 0.497 e. The van der Waals surface area contributed by atoms with Gasteiger partial charge in [0.15, 0.2) is 0 Å². The van der Waals surface area contributed by atoms with Gasteiger partial charge in [0, 0.05) is 22.6 Å². The number of ether oxygens (including phenoxy) is 1. The van der Waals surface area contributed by atoms with Crippen LogP contribution in [0, 0.1) is 6.92 Å². The van der Waals surface area contributed by atoms with Crippen LogP contribution in [-0.4, -0.2) is 50.9 Å². The molecule has 0 aromatic heterocycles. The Morgan fingerprint density at radius 2 is 1.64 bits per heavy atom. The lowest BCUT2D eigenvalue weighted by molar-refractivity contribution is -0.139. The number of carbonyl (C=O) groups excluding carboxylic acids is 2. The SMILES string of the molecule is COc1ccc(S(=O)(=O)N(CC(=O)N(Cc2ccc(Cl)cc2Cl)[C@H](C)C(=O)NC2CCCC2)c2ccc(C)cc2)cc1. The van der Waals surface area contributed by atoms with Crippen LogP contribution in [0.25, 0.3) is 0 Å². The molecule has 0 aliphatic heterocycles. The maximum Gasteiger partial charge on any atom is 0.264 e. The Bertz CT molecular complexity index is 1510. The Morgan fingerprint density at radius 1 is 1.00 bits per heavy atom. The number of methoxy groups -OCH3 is 1. The van der Waals surface area contributed by atoms with E-state index in [1.165, 1.54) is 24.1 Å². The summed E-state index contributed by atoms with van der Waals surface area (Å²) in [5, 5.41) is 3.82. The smallest absolute Gasteiger partial charge is 0.264 e. The van der Waals surface area contributed by atoms with Crippen molar-refractivity contribution >= 4 is 50.7 Å². The van der Waals surface area contributed by atoms with Gasteiger partial charge >= 0.3 is 0 Å². The van der Waals surface area contributed by atoms with Gasteiger partial charge in [-0.05, 0) is 80.8 Å². The van der Waals surface area contributed by atoms with Gasteiger partial charge in [-0.3, -0.25) is 13.9 Å². The summed E-state index contributed by atoms with van der Waals surface area (Å²) in [6.07, 6.45) is 3.85. The Kier molecular flexibility index (Phi) is 10.4. The maximum absolute atomic E-state index is 14.1. The van der Waals surface area contributed by atoms with E-state index in [9.17, 15) is 18.0 Å². The second-order valence-electron chi connectivity index (χ2n) is 10.4. The minimum Gasteiger partial charge on any atom is -0.497 e. The highest BCUT2D eigenvalue weighted by molar-refractivity contribution is 7.92. The van der Waals surface area contributed by atoms with E-state index in [2.05, 4.69) is 5.32 Å². The van der Waals surface area contributed by atoms with E-state index >= 15 is 0 Å². The lowest BCUT2D eigenvalue weighted by atomic mass is 10.1. The van der Waals surface area contributed by atoms with Gasteiger partial charge in [0.1, 0.15) is 18.3 Å². The fourth-order valence-electron chi connectivity index (χ4n) is 4.92. The van der Waals surface area contributed by atoms with Crippen LogP contribution in [0.1, 0.15) is 43.7 Å². The summed E-state index contributed by atoms with van der Waals surface area (Å²) in [5.74, 6) is -0.368.